The first-order valence-corrected chi connectivity index (χ1v) is 7.76. The van der Waals surface area contributed by atoms with Crippen LogP contribution in [0.2, 0.25) is 0 Å². The number of rotatable bonds is 3. The second kappa shape index (κ2) is 5.96. The van der Waals surface area contributed by atoms with Gasteiger partial charge in [-0.1, -0.05) is 44.2 Å². The Labute approximate surface area is 140 Å². The Morgan fingerprint density at radius 3 is 2.71 bits per heavy atom. The molecule has 0 unspecified atom stereocenters. The number of aromatic nitrogens is 3. The Hall–Kier alpha value is -2.89. The molecule has 1 amide bonds. The third-order valence-corrected chi connectivity index (χ3v) is 3.85. The molecule has 0 saturated carbocycles. The molecule has 0 aliphatic heterocycles. The van der Waals surface area contributed by atoms with Crippen LogP contribution in [-0.4, -0.2) is 26.0 Å². The van der Waals surface area contributed by atoms with Gasteiger partial charge in [-0.2, -0.15) is 0 Å². The quantitative estimate of drug-likeness (QED) is 0.726. The number of aromatic hydroxyl groups is 1. The highest BCUT2D eigenvalue weighted by Gasteiger charge is 2.17. The van der Waals surface area contributed by atoms with Crippen LogP contribution in [0, 0.1) is 0 Å². The maximum atomic E-state index is 12.3. The average Bonchev–Trinajstić information content (AvgIpc) is 2.91. The number of hydrogen-bond acceptors (Lipinski definition) is 4. The van der Waals surface area contributed by atoms with Crippen LogP contribution in [-0.2, 0) is 16.8 Å². The summed E-state index contributed by atoms with van der Waals surface area (Å²) in [5, 5.41) is 20.8. The summed E-state index contributed by atoms with van der Waals surface area (Å²) >= 11 is 0. The van der Waals surface area contributed by atoms with Crippen molar-refractivity contribution in [3.63, 3.8) is 0 Å². The van der Waals surface area contributed by atoms with Crippen LogP contribution in [0.25, 0.3) is 11.0 Å². The van der Waals surface area contributed by atoms with E-state index in [4.69, 9.17) is 0 Å². The molecule has 0 aliphatic rings. The molecular weight excluding hydrogens is 304 g/mol. The lowest BCUT2D eigenvalue weighted by molar-refractivity contribution is -0.116. The fraction of sp³-hybridized carbons (Fsp3) is 0.278. The first-order chi connectivity index (χ1) is 11.3. The number of fused-ring (bicyclic) bond motifs is 1. The lowest BCUT2D eigenvalue weighted by Gasteiger charge is -2.20. The Bertz CT molecular complexity index is 893. The molecule has 1 heterocycles. The second-order valence-corrected chi connectivity index (χ2v) is 6.77. The van der Waals surface area contributed by atoms with Crippen LogP contribution < -0.4 is 5.32 Å². The van der Waals surface area contributed by atoms with Gasteiger partial charge in [0.15, 0.2) is 0 Å². The normalized spacial score (nSPS) is 11.6. The summed E-state index contributed by atoms with van der Waals surface area (Å²) in [5.41, 5.74) is 2.89. The van der Waals surface area contributed by atoms with E-state index in [1.807, 2.05) is 30.3 Å². The molecule has 124 valence electrons. The molecule has 0 spiro atoms. The fourth-order valence-electron chi connectivity index (χ4n) is 2.46. The van der Waals surface area contributed by atoms with Crippen LogP contribution in [0.4, 0.5) is 5.69 Å². The van der Waals surface area contributed by atoms with Gasteiger partial charge in [0.25, 0.3) is 0 Å². The first-order valence-electron chi connectivity index (χ1n) is 7.76. The van der Waals surface area contributed by atoms with Crippen molar-refractivity contribution in [1.82, 2.24) is 15.0 Å². The SMILES string of the molecule is CC(C)(C)c1ccc(O)c(NC(=O)Cn2nnc3ccccc32)c1. The van der Waals surface area contributed by atoms with E-state index in [1.165, 1.54) is 4.68 Å². The number of carbonyl (C=O) groups is 1. The number of nitrogens with zero attached hydrogens (tertiary/aromatic N) is 3. The van der Waals surface area contributed by atoms with E-state index in [0.29, 0.717) is 5.69 Å². The standard InChI is InChI=1S/C18H20N4O2/c1-18(2,3)12-8-9-16(23)14(10-12)19-17(24)11-22-15-7-5-4-6-13(15)20-21-22/h4-10,23H,11H2,1-3H3,(H,19,24). The highest BCUT2D eigenvalue weighted by Crippen LogP contribution is 2.30. The third kappa shape index (κ3) is 3.22. The number of para-hydroxylation sites is 1. The van der Waals surface area contributed by atoms with Gasteiger partial charge in [0.05, 0.1) is 11.2 Å². The van der Waals surface area contributed by atoms with Gasteiger partial charge in [0.1, 0.15) is 17.8 Å². The van der Waals surface area contributed by atoms with Crippen molar-refractivity contribution in [1.29, 1.82) is 0 Å². The van der Waals surface area contributed by atoms with Crippen LogP contribution >= 0.6 is 0 Å². The highest BCUT2D eigenvalue weighted by molar-refractivity contribution is 5.93. The molecule has 2 N–H and O–H groups in total. The second-order valence-electron chi connectivity index (χ2n) is 6.77. The van der Waals surface area contributed by atoms with E-state index >= 15 is 0 Å². The molecule has 0 atom stereocenters. The summed E-state index contributed by atoms with van der Waals surface area (Å²) in [6, 6.07) is 12.7. The Balaban J connectivity index is 1.80. The molecule has 0 bridgehead atoms. The van der Waals surface area contributed by atoms with Gasteiger partial charge >= 0.3 is 0 Å². The third-order valence-electron chi connectivity index (χ3n) is 3.85. The maximum absolute atomic E-state index is 12.3. The minimum atomic E-state index is -0.271. The Morgan fingerprint density at radius 1 is 1.21 bits per heavy atom. The van der Waals surface area contributed by atoms with Crippen molar-refractivity contribution in [2.24, 2.45) is 0 Å². The summed E-state index contributed by atoms with van der Waals surface area (Å²) in [5.74, 6) is -0.230. The minimum absolute atomic E-state index is 0.0275. The minimum Gasteiger partial charge on any atom is -0.506 e. The van der Waals surface area contributed by atoms with E-state index in [1.54, 1.807) is 12.1 Å². The predicted octanol–water partition coefficient (Wildman–Crippen LogP) is 3.07. The lowest BCUT2D eigenvalue weighted by atomic mass is 9.87. The van der Waals surface area contributed by atoms with Gasteiger partial charge in [-0.25, -0.2) is 4.68 Å². The molecule has 0 aliphatic carbocycles. The molecule has 1 aromatic heterocycles. The molecule has 6 heteroatoms. The van der Waals surface area contributed by atoms with Crippen molar-refractivity contribution < 1.29 is 9.90 Å². The van der Waals surface area contributed by atoms with Crippen LogP contribution in [0.3, 0.4) is 0 Å². The van der Waals surface area contributed by atoms with Crippen LogP contribution in [0.1, 0.15) is 26.3 Å². The summed E-state index contributed by atoms with van der Waals surface area (Å²) in [7, 11) is 0. The maximum Gasteiger partial charge on any atom is 0.246 e. The van der Waals surface area contributed by atoms with E-state index in [2.05, 4.69) is 36.4 Å². The zero-order valence-electron chi connectivity index (χ0n) is 13.9. The van der Waals surface area contributed by atoms with E-state index in [9.17, 15) is 9.90 Å². The van der Waals surface area contributed by atoms with Gasteiger partial charge in [0.2, 0.25) is 5.91 Å². The van der Waals surface area contributed by atoms with Gasteiger partial charge in [-0.3, -0.25) is 4.79 Å². The van der Waals surface area contributed by atoms with Gasteiger partial charge in [-0.05, 0) is 35.2 Å². The zero-order valence-corrected chi connectivity index (χ0v) is 13.9. The van der Waals surface area contributed by atoms with Crippen molar-refractivity contribution in [3.8, 4) is 5.75 Å². The summed E-state index contributed by atoms with van der Waals surface area (Å²) in [6.07, 6.45) is 0. The summed E-state index contributed by atoms with van der Waals surface area (Å²) < 4.78 is 1.54. The largest absolute Gasteiger partial charge is 0.506 e. The molecule has 3 rings (SSSR count). The van der Waals surface area contributed by atoms with Crippen molar-refractivity contribution in [3.05, 3.63) is 48.0 Å². The summed E-state index contributed by atoms with van der Waals surface area (Å²) in [6.45, 7) is 6.26. The molecule has 0 saturated heterocycles. The topological polar surface area (TPSA) is 80.0 Å². The van der Waals surface area contributed by atoms with Gasteiger partial charge in [0, 0.05) is 0 Å². The molecule has 3 aromatic rings. The fourth-order valence-corrected chi connectivity index (χ4v) is 2.46. The number of anilines is 1. The molecule has 0 fully saturated rings. The van der Waals surface area contributed by atoms with Crippen LogP contribution in [0.15, 0.2) is 42.5 Å². The molecule has 6 nitrogen and oxygen atoms in total. The average molecular weight is 324 g/mol. The lowest BCUT2D eigenvalue weighted by Crippen LogP contribution is -2.20. The molecule has 0 radical (unpaired) electrons. The van der Waals surface area contributed by atoms with E-state index < -0.39 is 0 Å². The van der Waals surface area contributed by atoms with E-state index in [-0.39, 0.29) is 23.6 Å². The molecule has 24 heavy (non-hydrogen) atoms. The van der Waals surface area contributed by atoms with Crippen molar-refractivity contribution in [2.45, 2.75) is 32.7 Å². The van der Waals surface area contributed by atoms with E-state index in [0.717, 1.165) is 16.6 Å². The van der Waals surface area contributed by atoms with Gasteiger partial charge in [-0.15, -0.1) is 5.10 Å². The first kappa shape index (κ1) is 16.0. The number of amides is 1. The monoisotopic (exact) mass is 324 g/mol. The molecular formula is C18H20N4O2. The number of nitrogens with one attached hydrogen (secondary N) is 1. The Morgan fingerprint density at radius 2 is 1.96 bits per heavy atom. The number of phenolic OH excluding ortho intramolecular Hbond substituents is 1. The number of hydrogen-bond donors (Lipinski definition) is 2. The highest BCUT2D eigenvalue weighted by atomic mass is 16.3. The number of phenols is 1. The zero-order chi connectivity index (χ0) is 17.3. The predicted molar refractivity (Wildman–Crippen MR) is 93.0 cm³/mol. The van der Waals surface area contributed by atoms with Crippen molar-refractivity contribution >= 4 is 22.6 Å². The number of benzene rings is 2. The van der Waals surface area contributed by atoms with Crippen LogP contribution in [0.5, 0.6) is 5.75 Å². The smallest absolute Gasteiger partial charge is 0.246 e. The Kier molecular flexibility index (Phi) is 3.97. The van der Waals surface area contributed by atoms with Gasteiger partial charge < -0.3 is 10.4 Å². The molecule has 2 aromatic carbocycles. The van der Waals surface area contributed by atoms with Crippen molar-refractivity contribution in [2.75, 3.05) is 5.32 Å². The summed E-state index contributed by atoms with van der Waals surface area (Å²) in [4.78, 5) is 12.3. The number of carbonyl (C=O) groups excluding carboxylic acids is 1.